The second-order valence-electron chi connectivity index (χ2n) is 5.88. The lowest BCUT2D eigenvalue weighted by Crippen LogP contribution is -2.38. The van der Waals surface area contributed by atoms with E-state index in [4.69, 9.17) is 4.52 Å². The maximum absolute atomic E-state index is 12.5. The smallest absolute Gasteiger partial charge is 0.253 e. The first-order chi connectivity index (χ1) is 11.0. The van der Waals surface area contributed by atoms with E-state index in [-0.39, 0.29) is 17.6 Å². The molecule has 1 aromatic heterocycles. The Kier molecular flexibility index (Phi) is 4.23. The number of nitrogens with zero attached hydrogens (tertiary/aromatic N) is 3. The summed E-state index contributed by atoms with van der Waals surface area (Å²) in [6.07, 6.45) is 1.64. The van der Waals surface area contributed by atoms with Crippen molar-refractivity contribution >= 4 is 11.7 Å². The molecule has 0 atom stereocenters. The van der Waals surface area contributed by atoms with Crippen molar-refractivity contribution < 1.29 is 14.1 Å². The number of piperidine rings is 1. The molecule has 0 N–H and O–H groups in total. The van der Waals surface area contributed by atoms with E-state index in [1.54, 1.807) is 31.2 Å². The van der Waals surface area contributed by atoms with Crippen molar-refractivity contribution in [2.24, 2.45) is 0 Å². The summed E-state index contributed by atoms with van der Waals surface area (Å²) in [6.45, 7) is 4.65. The van der Waals surface area contributed by atoms with Crippen molar-refractivity contribution in [3.05, 3.63) is 47.1 Å². The molecular formula is C17H19N3O3. The predicted octanol–water partition coefficient (Wildman–Crippen LogP) is 2.60. The highest BCUT2D eigenvalue weighted by Crippen LogP contribution is 2.27. The molecule has 120 valence electrons. The number of amides is 1. The van der Waals surface area contributed by atoms with Gasteiger partial charge in [0.15, 0.2) is 11.6 Å². The van der Waals surface area contributed by atoms with Crippen molar-refractivity contribution in [3.63, 3.8) is 0 Å². The minimum Gasteiger partial charge on any atom is -0.339 e. The van der Waals surface area contributed by atoms with E-state index in [1.807, 2.05) is 4.90 Å². The summed E-state index contributed by atoms with van der Waals surface area (Å²) < 4.78 is 5.22. The van der Waals surface area contributed by atoms with Crippen LogP contribution in [-0.4, -0.2) is 39.8 Å². The molecule has 1 aromatic carbocycles. The zero-order valence-electron chi connectivity index (χ0n) is 13.3. The average Bonchev–Trinajstić information content (AvgIpc) is 3.01. The lowest BCUT2D eigenvalue weighted by molar-refractivity contribution is 0.0704. The molecule has 2 heterocycles. The van der Waals surface area contributed by atoms with Crippen LogP contribution in [0.25, 0.3) is 0 Å². The van der Waals surface area contributed by atoms with Crippen LogP contribution < -0.4 is 0 Å². The molecule has 0 aliphatic carbocycles. The number of Topliss-reactive ketones (excluding diaryl/α,β-unsaturated/α-hetero) is 1. The summed E-state index contributed by atoms with van der Waals surface area (Å²) in [6, 6.07) is 6.83. The number of carbonyl (C=O) groups excluding carboxylic acids is 2. The number of aryl methyl sites for hydroxylation is 1. The van der Waals surface area contributed by atoms with Gasteiger partial charge in [0.1, 0.15) is 0 Å². The Morgan fingerprint density at radius 3 is 2.26 bits per heavy atom. The van der Waals surface area contributed by atoms with Gasteiger partial charge >= 0.3 is 0 Å². The SMILES string of the molecule is CC(=O)c1ccc(C(=O)N2CCC(c3nc(C)no3)CC2)cc1. The highest BCUT2D eigenvalue weighted by Gasteiger charge is 2.27. The largest absolute Gasteiger partial charge is 0.339 e. The topological polar surface area (TPSA) is 76.3 Å². The van der Waals surface area contributed by atoms with Gasteiger partial charge in [-0.1, -0.05) is 17.3 Å². The fraction of sp³-hybridized carbons (Fsp3) is 0.412. The molecule has 6 nitrogen and oxygen atoms in total. The molecule has 0 radical (unpaired) electrons. The van der Waals surface area contributed by atoms with Gasteiger partial charge in [0.2, 0.25) is 5.89 Å². The number of ketones is 1. The fourth-order valence-electron chi connectivity index (χ4n) is 2.84. The third-order valence-corrected chi connectivity index (χ3v) is 4.21. The van der Waals surface area contributed by atoms with Gasteiger partial charge in [-0.3, -0.25) is 9.59 Å². The van der Waals surface area contributed by atoms with Gasteiger partial charge in [-0.2, -0.15) is 4.98 Å². The average molecular weight is 313 g/mol. The van der Waals surface area contributed by atoms with Crippen molar-refractivity contribution in [2.45, 2.75) is 32.6 Å². The third kappa shape index (κ3) is 3.31. The highest BCUT2D eigenvalue weighted by atomic mass is 16.5. The molecule has 2 aromatic rings. The lowest BCUT2D eigenvalue weighted by atomic mass is 9.96. The Morgan fingerprint density at radius 2 is 1.74 bits per heavy atom. The highest BCUT2D eigenvalue weighted by molar-refractivity contribution is 5.97. The van der Waals surface area contributed by atoms with Crippen LogP contribution >= 0.6 is 0 Å². The number of hydrogen-bond acceptors (Lipinski definition) is 5. The van der Waals surface area contributed by atoms with E-state index in [0.29, 0.717) is 35.9 Å². The second-order valence-corrected chi connectivity index (χ2v) is 5.88. The first-order valence-corrected chi connectivity index (χ1v) is 7.75. The van der Waals surface area contributed by atoms with Crippen LogP contribution in [-0.2, 0) is 0 Å². The number of likely N-dealkylation sites (tertiary alicyclic amines) is 1. The van der Waals surface area contributed by atoms with Gasteiger partial charge in [-0.15, -0.1) is 0 Å². The van der Waals surface area contributed by atoms with Crippen LogP contribution in [0.1, 0.15) is 58.1 Å². The number of benzene rings is 1. The number of aromatic nitrogens is 2. The molecule has 1 fully saturated rings. The van der Waals surface area contributed by atoms with E-state index in [2.05, 4.69) is 10.1 Å². The summed E-state index contributed by atoms with van der Waals surface area (Å²) in [5.41, 5.74) is 1.23. The molecular weight excluding hydrogens is 294 g/mol. The van der Waals surface area contributed by atoms with E-state index in [0.717, 1.165) is 12.8 Å². The normalized spacial score (nSPS) is 15.7. The monoisotopic (exact) mass is 313 g/mol. The molecule has 1 aliphatic heterocycles. The number of carbonyl (C=O) groups is 2. The second kappa shape index (κ2) is 6.32. The molecule has 3 rings (SSSR count). The summed E-state index contributed by atoms with van der Waals surface area (Å²) in [5.74, 6) is 1.53. The maximum atomic E-state index is 12.5. The molecule has 6 heteroatoms. The molecule has 23 heavy (non-hydrogen) atoms. The van der Waals surface area contributed by atoms with Crippen LogP contribution in [0, 0.1) is 6.92 Å². The van der Waals surface area contributed by atoms with Crippen LogP contribution in [0.2, 0.25) is 0 Å². The first kappa shape index (κ1) is 15.4. The van der Waals surface area contributed by atoms with Gasteiger partial charge in [-0.05, 0) is 38.8 Å². The van der Waals surface area contributed by atoms with Gasteiger partial charge in [0, 0.05) is 30.1 Å². The number of hydrogen-bond donors (Lipinski definition) is 0. The van der Waals surface area contributed by atoms with Crippen LogP contribution in [0.5, 0.6) is 0 Å². The quantitative estimate of drug-likeness (QED) is 0.814. The summed E-state index contributed by atoms with van der Waals surface area (Å²) in [7, 11) is 0. The van der Waals surface area contributed by atoms with Gasteiger partial charge < -0.3 is 9.42 Å². The molecule has 1 amide bonds. The maximum Gasteiger partial charge on any atom is 0.253 e. The van der Waals surface area contributed by atoms with Crippen molar-refractivity contribution in [1.82, 2.24) is 15.0 Å². The first-order valence-electron chi connectivity index (χ1n) is 7.75. The molecule has 0 spiro atoms. The Balaban J connectivity index is 1.62. The predicted molar refractivity (Wildman–Crippen MR) is 83.4 cm³/mol. The molecule has 0 saturated carbocycles. The molecule has 1 saturated heterocycles. The molecule has 0 unspecified atom stereocenters. The zero-order valence-corrected chi connectivity index (χ0v) is 13.3. The Hall–Kier alpha value is -2.50. The lowest BCUT2D eigenvalue weighted by Gasteiger charge is -2.30. The van der Waals surface area contributed by atoms with Gasteiger partial charge in [0.25, 0.3) is 5.91 Å². The van der Waals surface area contributed by atoms with Crippen LogP contribution in [0.15, 0.2) is 28.8 Å². The number of rotatable bonds is 3. The van der Waals surface area contributed by atoms with Crippen LogP contribution in [0.4, 0.5) is 0 Å². The van der Waals surface area contributed by atoms with E-state index < -0.39 is 0 Å². The van der Waals surface area contributed by atoms with E-state index in [1.165, 1.54) is 6.92 Å². The minimum atomic E-state index is -0.000311. The Labute approximate surface area is 134 Å². The van der Waals surface area contributed by atoms with Gasteiger partial charge in [-0.25, -0.2) is 0 Å². The van der Waals surface area contributed by atoms with Crippen LogP contribution in [0.3, 0.4) is 0 Å². The van der Waals surface area contributed by atoms with Gasteiger partial charge in [0.05, 0.1) is 0 Å². The summed E-state index contributed by atoms with van der Waals surface area (Å²) in [5, 5.41) is 3.82. The van der Waals surface area contributed by atoms with E-state index >= 15 is 0 Å². The van der Waals surface area contributed by atoms with Crippen molar-refractivity contribution in [2.75, 3.05) is 13.1 Å². The van der Waals surface area contributed by atoms with Crippen molar-refractivity contribution in [1.29, 1.82) is 0 Å². The minimum absolute atomic E-state index is 0.000242. The zero-order chi connectivity index (χ0) is 16.4. The molecule has 1 aliphatic rings. The Morgan fingerprint density at radius 1 is 1.13 bits per heavy atom. The summed E-state index contributed by atoms with van der Waals surface area (Å²) >= 11 is 0. The summed E-state index contributed by atoms with van der Waals surface area (Å²) in [4.78, 5) is 29.9. The van der Waals surface area contributed by atoms with E-state index in [9.17, 15) is 9.59 Å². The fourth-order valence-corrected chi connectivity index (χ4v) is 2.84. The third-order valence-electron chi connectivity index (χ3n) is 4.21. The molecule has 0 bridgehead atoms. The standard InChI is InChI=1S/C17H19N3O3/c1-11(21)13-3-5-15(6-4-13)17(22)20-9-7-14(8-10-20)16-18-12(2)19-23-16/h3-6,14H,7-10H2,1-2H3. The Bertz CT molecular complexity index is 713. The van der Waals surface area contributed by atoms with Crippen molar-refractivity contribution in [3.8, 4) is 0 Å².